The molecule has 2 aromatic carbocycles. The Morgan fingerprint density at radius 1 is 1.19 bits per heavy atom. The van der Waals surface area contributed by atoms with Gasteiger partial charge in [0, 0.05) is 22.8 Å². The molecule has 0 bridgehead atoms. The average Bonchev–Trinajstić information content (AvgIpc) is 3.14. The van der Waals surface area contributed by atoms with Crippen molar-refractivity contribution in [2.24, 2.45) is 0 Å². The van der Waals surface area contributed by atoms with Crippen molar-refractivity contribution in [3.63, 3.8) is 0 Å². The molecule has 1 aromatic heterocycles. The molecule has 1 saturated heterocycles. The fraction of sp³-hybridized carbons (Fsp3) is 0.292. The number of carbonyl (C=O) groups is 3. The van der Waals surface area contributed by atoms with E-state index in [1.165, 1.54) is 4.90 Å². The molecular weight excluding hydrogens is 448 g/mol. The lowest BCUT2D eigenvalue weighted by Crippen LogP contribution is -2.68. The molecule has 4 rings (SSSR count). The Morgan fingerprint density at radius 3 is 2.66 bits per heavy atom. The Labute approximate surface area is 195 Å². The van der Waals surface area contributed by atoms with Gasteiger partial charge in [-0.05, 0) is 53.4 Å². The van der Waals surface area contributed by atoms with Crippen molar-refractivity contribution in [1.82, 2.24) is 9.80 Å². The summed E-state index contributed by atoms with van der Waals surface area (Å²) in [6.07, 6.45) is 0.702. The number of halogens is 1. The number of rotatable bonds is 7. The predicted octanol–water partition coefficient (Wildman–Crippen LogP) is 4.20. The first-order valence-electron chi connectivity index (χ1n) is 10.3. The summed E-state index contributed by atoms with van der Waals surface area (Å²) >= 11 is 7.64. The topological polar surface area (TPSA) is 77.9 Å². The van der Waals surface area contributed by atoms with Gasteiger partial charge in [0.25, 0.3) is 0 Å². The van der Waals surface area contributed by atoms with Crippen LogP contribution in [0.15, 0.2) is 53.9 Å². The van der Waals surface area contributed by atoms with Crippen LogP contribution in [0.2, 0.25) is 5.02 Å². The maximum absolute atomic E-state index is 13.4. The van der Waals surface area contributed by atoms with Crippen LogP contribution in [0.5, 0.6) is 0 Å². The molecule has 8 heteroatoms. The molecule has 1 aliphatic rings. The zero-order chi connectivity index (χ0) is 22.9. The van der Waals surface area contributed by atoms with Gasteiger partial charge in [-0.15, -0.1) is 11.3 Å². The Hall–Kier alpha value is -2.90. The minimum Gasteiger partial charge on any atom is -0.480 e. The van der Waals surface area contributed by atoms with Gasteiger partial charge >= 0.3 is 5.97 Å². The second-order valence-corrected chi connectivity index (χ2v) is 9.54. The van der Waals surface area contributed by atoms with Crippen LogP contribution in [0.3, 0.4) is 0 Å². The summed E-state index contributed by atoms with van der Waals surface area (Å²) in [6, 6.07) is 14.9. The molecule has 0 aliphatic carbocycles. The van der Waals surface area contributed by atoms with Crippen molar-refractivity contribution in [1.29, 1.82) is 0 Å². The number of carboxylic acids is 1. The number of carboxylic acid groups (broad SMARTS) is 1. The van der Waals surface area contributed by atoms with E-state index in [4.69, 9.17) is 11.6 Å². The highest BCUT2D eigenvalue weighted by atomic mass is 35.5. The van der Waals surface area contributed by atoms with E-state index in [0.717, 1.165) is 21.2 Å². The molecule has 1 aliphatic heterocycles. The normalized spacial score (nSPS) is 17.8. The number of amides is 2. The lowest BCUT2D eigenvalue weighted by Gasteiger charge is -2.50. The highest BCUT2D eigenvalue weighted by Gasteiger charge is 2.51. The first kappa shape index (κ1) is 22.3. The van der Waals surface area contributed by atoms with E-state index < -0.39 is 18.1 Å². The van der Waals surface area contributed by atoms with Crippen LogP contribution in [0.25, 0.3) is 10.1 Å². The number of fused-ring (bicyclic) bond motifs is 1. The van der Waals surface area contributed by atoms with E-state index >= 15 is 0 Å². The van der Waals surface area contributed by atoms with Gasteiger partial charge in [-0.3, -0.25) is 14.4 Å². The van der Waals surface area contributed by atoms with Gasteiger partial charge in [-0.25, -0.2) is 0 Å². The van der Waals surface area contributed by atoms with E-state index in [9.17, 15) is 19.5 Å². The average molecular weight is 471 g/mol. The quantitative estimate of drug-likeness (QED) is 0.561. The summed E-state index contributed by atoms with van der Waals surface area (Å²) in [7, 11) is 0. The molecule has 1 atom stereocenters. The molecule has 0 spiro atoms. The third-order valence-electron chi connectivity index (χ3n) is 5.96. The molecule has 166 valence electrons. The van der Waals surface area contributed by atoms with E-state index in [2.05, 4.69) is 0 Å². The van der Waals surface area contributed by atoms with Gasteiger partial charge in [0.15, 0.2) is 0 Å². The highest BCUT2D eigenvalue weighted by molar-refractivity contribution is 7.17. The number of hydrogen-bond donors (Lipinski definition) is 1. The summed E-state index contributed by atoms with van der Waals surface area (Å²) in [5, 5.41) is 12.9. The third kappa shape index (κ3) is 4.36. The van der Waals surface area contributed by atoms with Crippen LogP contribution in [0.1, 0.15) is 24.5 Å². The summed E-state index contributed by atoms with van der Waals surface area (Å²) in [6.45, 7) is 1.85. The highest BCUT2D eigenvalue weighted by Crippen LogP contribution is 2.35. The first-order valence-corrected chi connectivity index (χ1v) is 11.5. The SMILES string of the molecule is CC1(C(=O)N(CC(=O)O)Cc2cccc(Cl)c2)CCN1C(=O)Cc1csc2ccccc12. The summed E-state index contributed by atoms with van der Waals surface area (Å²) in [5.74, 6) is -1.60. The molecule has 32 heavy (non-hydrogen) atoms. The smallest absolute Gasteiger partial charge is 0.323 e. The molecule has 1 N–H and O–H groups in total. The molecule has 6 nitrogen and oxygen atoms in total. The number of aliphatic carboxylic acids is 1. The van der Waals surface area contributed by atoms with Gasteiger partial charge in [-0.2, -0.15) is 0 Å². The molecule has 0 radical (unpaired) electrons. The molecule has 3 aromatic rings. The van der Waals surface area contributed by atoms with Crippen molar-refractivity contribution in [2.45, 2.75) is 31.8 Å². The van der Waals surface area contributed by atoms with Crippen LogP contribution in [0, 0.1) is 0 Å². The Balaban J connectivity index is 1.52. The zero-order valence-electron chi connectivity index (χ0n) is 17.6. The Bertz CT molecular complexity index is 1190. The fourth-order valence-electron chi connectivity index (χ4n) is 4.17. The number of hydrogen-bond acceptors (Lipinski definition) is 4. The van der Waals surface area contributed by atoms with E-state index in [1.54, 1.807) is 47.4 Å². The van der Waals surface area contributed by atoms with Gasteiger partial charge < -0.3 is 14.9 Å². The number of carbonyl (C=O) groups excluding carboxylic acids is 2. The van der Waals surface area contributed by atoms with Crippen LogP contribution in [0.4, 0.5) is 0 Å². The van der Waals surface area contributed by atoms with Crippen LogP contribution >= 0.6 is 22.9 Å². The summed E-state index contributed by atoms with van der Waals surface area (Å²) in [5.41, 5.74) is 0.618. The number of nitrogens with zero attached hydrogens (tertiary/aromatic N) is 2. The van der Waals surface area contributed by atoms with Crippen molar-refractivity contribution in [3.8, 4) is 0 Å². The molecule has 0 saturated carbocycles. The molecule has 2 heterocycles. The monoisotopic (exact) mass is 470 g/mol. The Morgan fingerprint density at radius 2 is 1.97 bits per heavy atom. The fourth-order valence-corrected chi connectivity index (χ4v) is 5.34. The van der Waals surface area contributed by atoms with Crippen molar-refractivity contribution < 1.29 is 19.5 Å². The summed E-state index contributed by atoms with van der Waals surface area (Å²) in [4.78, 5) is 40.9. The maximum atomic E-state index is 13.4. The minimum absolute atomic E-state index is 0.110. The zero-order valence-corrected chi connectivity index (χ0v) is 19.2. The number of benzene rings is 2. The molecule has 1 fully saturated rings. The second kappa shape index (κ2) is 8.92. The first-order chi connectivity index (χ1) is 15.3. The van der Waals surface area contributed by atoms with E-state index in [-0.39, 0.29) is 24.8 Å². The van der Waals surface area contributed by atoms with Gasteiger partial charge in [0.05, 0.1) is 6.42 Å². The van der Waals surface area contributed by atoms with Crippen molar-refractivity contribution in [2.75, 3.05) is 13.1 Å². The van der Waals surface area contributed by atoms with Gasteiger partial charge in [0.1, 0.15) is 12.1 Å². The Kier molecular flexibility index (Phi) is 6.22. The van der Waals surface area contributed by atoms with E-state index in [0.29, 0.717) is 18.0 Å². The number of thiophene rings is 1. The molecule has 1 unspecified atom stereocenters. The van der Waals surface area contributed by atoms with Crippen LogP contribution in [-0.2, 0) is 27.3 Å². The third-order valence-corrected chi connectivity index (χ3v) is 7.21. The molecule has 2 amide bonds. The van der Waals surface area contributed by atoms with Crippen LogP contribution in [-0.4, -0.2) is 51.3 Å². The minimum atomic E-state index is -1.11. The van der Waals surface area contributed by atoms with Crippen molar-refractivity contribution in [3.05, 3.63) is 70.1 Å². The lowest BCUT2D eigenvalue weighted by molar-refractivity contribution is -0.165. The van der Waals surface area contributed by atoms with Crippen molar-refractivity contribution >= 4 is 50.8 Å². The standard InChI is InChI=1S/C24H23ClN2O4S/c1-24(23(31)26(14-22(29)30)13-16-5-4-6-18(25)11-16)9-10-27(24)21(28)12-17-15-32-20-8-3-2-7-19(17)20/h2-8,11,15H,9-10,12-14H2,1H3,(H,29,30). The predicted molar refractivity (Wildman–Crippen MR) is 125 cm³/mol. The van der Waals surface area contributed by atoms with Crippen LogP contribution < -0.4 is 0 Å². The maximum Gasteiger partial charge on any atom is 0.323 e. The summed E-state index contributed by atoms with van der Waals surface area (Å²) < 4.78 is 1.12. The number of likely N-dealkylation sites (tertiary alicyclic amines) is 1. The van der Waals surface area contributed by atoms with Gasteiger partial charge in [0.2, 0.25) is 11.8 Å². The largest absolute Gasteiger partial charge is 0.480 e. The lowest BCUT2D eigenvalue weighted by atomic mass is 9.84. The van der Waals surface area contributed by atoms with E-state index in [1.807, 2.05) is 29.6 Å². The second-order valence-electron chi connectivity index (χ2n) is 8.19. The molecular formula is C24H23ClN2O4S. The van der Waals surface area contributed by atoms with Gasteiger partial charge in [-0.1, -0.05) is 41.9 Å².